The van der Waals surface area contributed by atoms with Crippen LogP contribution in [0.15, 0.2) is 60.7 Å². The molecule has 2 unspecified atom stereocenters. The van der Waals surface area contributed by atoms with E-state index < -0.39 is 23.7 Å². The second-order valence-electron chi connectivity index (χ2n) is 16.6. The molecular formula is C45H59N3O10. The summed E-state index contributed by atoms with van der Waals surface area (Å²) < 4.78 is 27.8. The number of benzene rings is 2. The van der Waals surface area contributed by atoms with Crippen LogP contribution in [0.2, 0.25) is 0 Å². The normalized spacial score (nSPS) is 21.1. The lowest BCUT2D eigenvalue weighted by atomic mass is 9.71. The second-order valence-corrected chi connectivity index (χ2v) is 16.6. The molecule has 2 fully saturated rings. The summed E-state index contributed by atoms with van der Waals surface area (Å²) in [5.74, 6) is 0.294. The van der Waals surface area contributed by atoms with E-state index in [2.05, 4.69) is 18.2 Å². The first-order chi connectivity index (χ1) is 27.8. The number of likely N-dealkylation sites (tertiary alicyclic amines) is 1. The Morgan fingerprint density at radius 1 is 1.07 bits per heavy atom. The lowest BCUT2D eigenvalue weighted by Crippen LogP contribution is -2.53. The molecule has 2 aliphatic carbocycles. The molecule has 13 nitrogen and oxygen atoms in total. The zero-order chi connectivity index (χ0) is 41.4. The minimum atomic E-state index is -0.931. The first kappa shape index (κ1) is 42.9. The van der Waals surface area contributed by atoms with Crippen LogP contribution in [0.5, 0.6) is 11.5 Å². The van der Waals surface area contributed by atoms with Crippen LogP contribution in [-0.4, -0.2) is 111 Å². The maximum absolute atomic E-state index is 15.1. The molecule has 4 aliphatic rings. The van der Waals surface area contributed by atoms with Crippen molar-refractivity contribution in [2.24, 2.45) is 17.8 Å². The maximum Gasteiger partial charge on any atom is 0.410 e. The van der Waals surface area contributed by atoms with Crippen LogP contribution in [0.4, 0.5) is 16.2 Å². The van der Waals surface area contributed by atoms with Gasteiger partial charge in [0.2, 0.25) is 5.91 Å². The SMILES string of the molecule is CCOCC(=O)CC(O)COc1ccc(C2=CC=CC([C@H]3CCN(C(=O)OC(C)(C)C)C[C@@H]3C(=O)N(c3ccc4c(c3)N(CCCOC)C(=O)CO4)C3CC3)C2)cc1. The van der Waals surface area contributed by atoms with Crippen LogP contribution in [0.1, 0.15) is 71.8 Å². The Kier molecular flexibility index (Phi) is 14.3. The number of nitrogens with zero attached hydrogens (tertiary/aromatic N) is 3. The van der Waals surface area contributed by atoms with Gasteiger partial charge in [0.25, 0.3) is 5.91 Å². The topological polar surface area (TPSA) is 144 Å². The predicted molar refractivity (Wildman–Crippen MR) is 220 cm³/mol. The third-order valence-electron chi connectivity index (χ3n) is 10.9. The molecule has 1 saturated heterocycles. The molecule has 13 heteroatoms. The average molecular weight is 802 g/mol. The fourth-order valence-electron chi connectivity index (χ4n) is 7.98. The molecule has 314 valence electrons. The van der Waals surface area contributed by atoms with Crippen molar-refractivity contribution < 1.29 is 48.0 Å². The molecule has 0 aromatic heterocycles. The summed E-state index contributed by atoms with van der Waals surface area (Å²) in [6, 6.07) is 13.3. The standard InChI is InChI=1S/C45H59N3O10/c1-6-55-27-35(49)25-36(50)28-56-37-16-11-30(12-17-37)31-9-7-10-32(23-31)38-19-21-46(44(53)58-45(2,3)4)26-39(38)43(52)48(33-13-14-33)34-15-18-41-40(24-34)47(20-8-22-54-5)42(51)29-57-41/h7,9-12,15-18,24,32-33,36,38-39,50H,6,8,13-14,19-23,25-29H2,1-5H3/t32?,36?,38-,39+/m1/s1. The number of aliphatic hydroxyl groups is 1. The summed E-state index contributed by atoms with van der Waals surface area (Å²) in [6.07, 6.45) is 8.67. The number of fused-ring (bicyclic) bond motifs is 1. The number of methoxy groups -OCH3 is 1. The summed E-state index contributed by atoms with van der Waals surface area (Å²) in [5, 5.41) is 10.3. The monoisotopic (exact) mass is 801 g/mol. The third-order valence-corrected chi connectivity index (χ3v) is 10.9. The highest BCUT2D eigenvalue weighted by Crippen LogP contribution is 2.44. The summed E-state index contributed by atoms with van der Waals surface area (Å²) in [6.45, 7) is 9.40. The van der Waals surface area contributed by atoms with Crippen molar-refractivity contribution in [3.63, 3.8) is 0 Å². The number of aliphatic hydroxyl groups excluding tert-OH is 1. The van der Waals surface area contributed by atoms with Gasteiger partial charge in [0.15, 0.2) is 12.4 Å². The number of carbonyl (C=O) groups excluding carboxylic acids is 4. The number of allylic oxidation sites excluding steroid dienone is 4. The van der Waals surface area contributed by atoms with E-state index >= 15 is 4.79 Å². The maximum atomic E-state index is 15.1. The van der Waals surface area contributed by atoms with Crippen LogP contribution in [0, 0.1) is 17.8 Å². The zero-order valence-corrected chi connectivity index (χ0v) is 34.5. The van der Waals surface area contributed by atoms with Crippen LogP contribution in [-0.2, 0) is 28.6 Å². The second kappa shape index (κ2) is 19.4. The third kappa shape index (κ3) is 11.1. The van der Waals surface area contributed by atoms with Gasteiger partial charge in [-0.25, -0.2) is 4.79 Å². The molecule has 2 heterocycles. The van der Waals surface area contributed by atoms with Crippen molar-refractivity contribution in [2.75, 3.05) is 69.6 Å². The smallest absolute Gasteiger partial charge is 0.410 e. The van der Waals surface area contributed by atoms with Gasteiger partial charge < -0.3 is 43.5 Å². The van der Waals surface area contributed by atoms with Crippen LogP contribution < -0.4 is 19.3 Å². The Labute approximate surface area is 341 Å². The fourth-order valence-corrected chi connectivity index (χ4v) is 7.98. The Morgan fingerprint density at radius 3 is 2.55 bits per heavy atom. The molecule has 2 aromatic rings. The van der Waals surface area contributed by atoms with E-state index in [-0.39, 0.29) is 68.3 Å². The number of ketones is 1. The first-order valence-corrected chi connectivity index (χ1v) is 20.6. The van der Waals surface area contributed by atoms with Crippen LogP contribution in [0.3, 0.4) is 0 Å². The molecule has 0 spiro atoms. The number of carbonyl (C=O) groups is 4. The van der Waals surface area contributed by atoms with E-state index in [1.165, 1.54) is 0 Å². The molecule has 2 aliphatic heterocycles. The van der Waals surface area contributed by atoms with Crippen molar-refractivity contribution in [1.82, 2.24) is 4.90 Å². The van der Waals surface area contributed by atoms with Crippen molar-refractivity contribution in [2.45, 2.75) is 84.0 Å². The number of amides is 3. The number of rotatable bonds is 17. The first-order valence-electron chi connectivity index (χ1n) is 20.6. The van der Waals surface area contributed by atoms with Gasteiger partial charge >= 0.3 is 6.09 Å². The van der Waals surface area contributed by atoms with Gasteiger partial charge in [-0.2, -0.15) is 0 Å². The lowest BCUT2D eigenvalue weighted by Gasteiger charge is -2.43. The minimum Gasteiger partial charge on any atom is -0.491 e. The quantitative estimate of drug-likeness (QED) is 0.183. The van der Waals surface area contributed by atoms with Gasteiger partial charge in [-0.1, -0.05) is 30.4 Å². The van der Waals surface area contributed by atoms with E-state index in [1.54, 1.807) is 16.9 Å². The van der Waals surface area contributed by atoms with E-state index in [1.807, 2.05) is 75.1 Å². The Balaban J connectivity index is 1.20. The van der Waals surface area contributed by atoms with Gasteiger partial charge in [-0.15, -0.1) is 0 Å². The number of piperidine rings is 1. The van der Waals surface area contributed by atoms with Crippen molar-refractivity contribution in [3.05, 3.63) is 66.3 Å². The largest absolute Gasteiger partial charge is 0.491 e. The van der Waals surface area contributed by atoms with Crippen LogP contribution >= 0.6 is 0 Å². The lowest BCUT2D eigenvalue weighted by molar-refractivity contribution is -0.127. The van der Waals surface area contributed by atoms with Crippen molar-refractivity contribution in [1.29, 1.82) is 0 Å². The molecule has 58 heavy (non-hydrogen) atoms. The highest BCUT2D eigenvalue weighted by Gasteiger charge is 2.46. The number of hydrogen-bond donors (Lipinski definition) is 1. The zero-order valence-electron chi connectivity index (χ0n) is 34.5. The molecule has 6 rings (SSSR count). The van der Waals surface area contributed by atoms with Gasteiger partial charge in [0.05, 0.1) is 17.7 Å². The summed E-state index contributed by atoms with van der Waals surface area (Å²) in [4.78, 5) is 58.9. The molecule has 0 bridgehead atoms. The molecular weight excluding hydrogens is 743 g/mol. The Bertz CT molecular complexity index is 1830. The average Bonchev–Trinajstić information content (AvgIpc) is 4.05. The predicted octanol–water partition coefficient (Wildman–Crippen LogP) is 6.21. The summed E-state index contributed by atoms with van der Waals surface area (Å²) in [7, 11) is 1.64. The number of anilines is 2. The summed E-state index contributed by atoms with van der Waals surface area (Å²) in [5.41, 5.74) is 2.81. The number of ether oxygens (including phenoxy) is 5. The van der Waals surface area contributed by atoms with E-state index in [0.717, 1.165) is 24.0 Å². The van der Waals surface area contributed by atoms with Gasteiger partial charge in [-0.3, -0.25) is 14.4 Å². The molecule has 1 saturated carbocycles. The molecule has 4 atom stereocenters. The van der Waals surface area contributed by atoms with E-state index in [0.29, 0.717) is 68.4 Å². The molecule has 2 aromatic carbocycles. The van der Waals surface area contributed by atoms with Gasteiger partial charge in [0.1, 0.15) is 30.3 Å². The van der Waals surface area contributed by atoms with Crippen molar-refractivity contribution in [3.8, 4) is 11.5 Å². The molecule has 3 amide bonds. The molecule has 0 radical (unpaired) electrons. The minimum absolute atomic E-state index is 0.00991. The number of hydrogen-bond acceptors (Lipinski definition) is 10. The summed E-state index contributed by atoms with van der Waals surface area (Å²) >= 11 is 0. The highest BCUT2D eigenvalue weighted by molar-refractivity contribution is 6.01. The highest BCUT2D eigenvalue weighted by atomic mass is 16.6. The van der Waals surface area contributed by atoms with Crippen LogP contribution in [0.25, 0.3) is 5.57 Å². The Hall–Kier alpha value is -4.72. The van der Waals surface area contributed by atoms with Gasteiger partial charge in [0, 0.05) is 58.1 Å². The van der Waals surface area contributed by atoms with E-state index in [4.69, 9.17) is 23.7 Å². The van der Waals surface area contributed by atoms with Gasteiger partial charge in [-0.05, 0) is 113 Å². The van der Waals surface area contributed by atoms with E-state index in [9.17, 15) is 19.5 Å². The Morgan fingerprint density at radius 2 is 1.84 bits per heavy atom. The fraction of sp³-hybridized carbons (Fsp3) is 0.556. The molecule has 1 N–H and O–H groups in total. The number of Topliss-reactive ketones (excluding diaryl/α,β-unsaturated/α-hetero) is 1. The van der Waals surface area contributed by atoms with Crippen molar-refractivity contribution >= 4 is 40.6 Å².